The fraction of sp³-hybridized carbons (Fsp3) is 0.200. The lowest BCUT2D eigenvalue weighted by Crippen LogP contribution is -2.33. The Kier molecular flexibility index (Phi) is 4.43. The van der Waals surface area contributed by atoms with Gasteiger partial charge in [0.1, 0.15) is 21.7 Å². The van der Waals surface area contributed by atoms with Crippen LogP contribution in [-0.4, -0.2) is 38.6 Å². The molecular formula is C10H9B2ClN2O3. The number of nitrogens with two attached hydrogens (primary N) is 2. The molecule has 1 aromatic carbocycles. The first-order valence-electron chi connectivity index (χ1n) is 4.90. The fourth-order valence-corrected chi connectivity index (χ4v) is 1.50. The maximum Gasteiger partial charge on any atom is 0.320 e. The van der Waals surface area contributed by atoms with Crippen molar-refractivity contribution in [2.45, 2.75) is 12.5 Å². The van der Waals surface area contributed by atoms with Gasteiger partial charge >= 0.3 is 5.97 Å². The van der Waals surface area contributed by atoms with Gasteiger partial charge in [0.25, 0.3) is 0 Å². The van der Waals surface area contributed by atoms with Crippen molar-refractivity contribution >= 4 is 55.7 Å². The molecule has 0 heterocycles. The lowest BCUT2D eigenvalue weighted by molar-refractivity contribution is -0.138. The monoisotopic (exact) mass is 262 g/mol. The molecule has 0 aliphatic carbocycles. The van der Waals surface area contributed by atoms with Crippen LogP contribution in [0.15, 0.2) is 6.07 Å². The zero-order valence-electron chi connectivity index (χ0n) is 9.31. The van der Waals surface area contributed by atoms with Crippen molar-refractivity contribution in [3.63, 3.8) is 0 Å². The van der Waals surface area contributed by atoms with Gasteiger partial charge in [0.2, 0.25) is 0 Å². The molecule has 0 aliphatic rings. The third-order valence-corrected chi connectivity index (χ3v) is 2.81. The number of aliphatic carboxylic acids is 1. The van der Waals surface area contributed by atoms with Crippen LogP contribution in [0.3, 0.4) is 0 Å². The molecule has 0 saturated heterocycles. The molecule has 5 nitrogen and oxygen atoms in total. The van der Waals surface area contributed by atoms with Crippen LogP contribution >= 0.6 is 11.6 Å². The van der Waals surface area contributed by atoms with Crippen molar-refractivity contribution in [1.82, 2.24) is 0 Å². The van der Waals surface area contributed by atoms with E-state index in [1.54, 1.807) is 0 Å². The van der Waals surface area contributed by atoms with E-state index in [-0.39, 0.29) is 27.2 Å². The molecule has 0 amide bonds. The minimum Gasteiger partial charge on any atom is -0.480 e. The number of hydrogen-bond donors (Lipinski definition) is 3. The predicted molar refractivity (Wildman–Crippen MR) is 71.2 cm³/mol. The summed E-state index contributed by atoms with van der Waals surface area (Å²) in [6.45, 7) is 0. The van der Waals surface area contributed by atoms with Gasteiger partial charge in [-0.1, -0.05) is 28.6 Å². The van der Waals surface area contributed by atoms with Gasteiger partial charge in [-0.25, -0.2) is 0 Å². The summed E-state index contributed by atoms with van der Waals surface area (Å²) in [4.78, 5) is 22.4. The highest BCUT2D eigenvalue weighted by atomic mass is 35.5. The number of carboxylic acid groups (broad SMARTS) is 1. The highest BCUT2D eigenvalue weighted by Gasteiger charge is 2.20. The molecule has 1 atom stereocenters. The van der Waals surface area contributed by atoms with E-state index >= 15 is 0 Å². The van der Waals surface area contributed by atoms with E-state index in [1.165, 1.54) is 6.07 Å². The zero-order chi connectivity index (χ0) is 14.0. The van der Waals surface area contributed by atoms with Crippen molar-refractivity contribution in [3.05, 3.63) is 16.7 Å². The van der Waals surface area contributed by atoms with Crippen LogP contribution in [0.2, 0.25) is 5.02 Å². The highest BCUT2D eigenvalue weighted by Crippen LogP contribution is 2.15. The minimum atomic E-state index is -1.31. The number of carbonyl (C=O) groups is 2. The quantitative estimate of drug-likeness (QED) is 0.347. The summed E-state index contributed by atoms with van der Waals surface area (Å²) >= 11 is 5.76. The molecular weight excluding hydrogens is 253 g/mol. The Morgan fingerprint density at radius 3 is 2.50 bits per heavy atom. The summed E-state index contributed by atoms with van der Waals surface area (Å²) in [6, 6.07) is -0.0553. The highest BCUT2D eigenvalue weighted by molar-refractivity contribution is 6.54. The largest absolute Gasteiger partial charge is 0.480 e. The van der Waals surface area contributed by atoms with Gasteiger partial charge in [-0.05, 0) is 0 Å². The molecule has 1 rings (SSSR count). The van der Waals surface area contributed by atoms with E-state index in [1.807, 2.05) is 0 Å². The van der Waals surface area contributed by atoms with E-state index in [4.69, 9.17) is 43.9 Å². The second-order valence-electron chi connectivity index (χ2n) is 3.73. The van der Waals surface area contributed by atoms with E-state index in [2.05, 4.69) is 0 Å². The van der Waals surface area contributed by atoms with E-state index in [9.17, 15) is 9.59 Å². The Bertz CT molecular complexity index is 522. The van der Waals surface area contributed by atoms with Crippen molar-refractivity contribution in [2.24, 2.45) is 5.73 Å². The van der Waals surface area contributed by atoms with Crippen LogP contribution in [0.5, 0.6) is 0 Å². The molecule has 5 N–H and O–H groups in total. The number of halogens is 1. The number of hydrogen-bond acceptors (Lipinski definition) is 4. The molecule has 0 bridgehead atoms. The Hall–Kier alpha value is -1.46. The number of carbonyl (C=O) groups excluding carboxylic acids is 1. The molecule has 90 valence electrons. The lowest BCUT2D eigenvalue weighted by Gasteiger charge is -2.13. The molecule has 0 aliphatic heterocycles. The predicted octanol–water partition coefficient (Wildman–Crippen LogP) is -1.51. The Labute approximate surface area is 111 Å². The molecule has 0 saturated carbocycles. The standard InChI is InChI=1S/C10H9B2ClN2O3/c11-4-1-3(9(15)7(12)8(4)13)6(16)2-5(14)10(17)18/h1,5H,2,14-15H2,(H,17,18). The third kappa shape index (κ3) is 2.86. The van der Waals surface area contributed by atoms with Crippen LogP contribution in [0.1, 0.15) is 16.8 Å². The van der Waals surface area contributed by atoms with E-state index in [0.29, 0.717) is 0 Å². The summed E-state index contributed by atoms with van der Waals surface area (Å²) in [5.74, 6) is -1.84. The summed E-state index contributed by atoms with van der Waals surface area (Å²) in [7, 11) is 11.1. The number of ketones is 1. The molecule has 18 heavy (non-hydrogen) atoms. The Morgan fingerprint density at radius 1 is 1.44 bits per heavy atom. The molecule has 1 unspecified atom stereocenters. The minimum absolute atomic E-state index is 0.0103. The van der Waals surface area contributed by atoms with Crippen LogP contribution in [0.25, 0.3) is 0 Å². The van der Waals surface area contributed by atoms with Gasteiger partial charge in [0.15, 0.2) is 5.78 Å². The lowest BCUT2D eigenvalue weighted by atomic mass is 9.82. The van der Waals surface area contributed by atoms with Crippen molar-refractivity contribution in [3.8, 4) is 0 Å². The maximum absolute atomic E-state index is 11.8. The smallest absolute Gasteiger partial charge is 0.320 e. The first-order valence-corrected chi connectivity index (χ1v) is 5.28. The molecule has 4 radical (unpaired) electrons. The van der Waals surface area contributed by atoms with Crippen molar-refractivity contribution < 1.29 is 14.7 Å². The van der Waals surface area contributed by atoms with Gasteiger partial charge in [0, 0.05) is 22.7 Å². The zero-order valence-corrected chi connectivity index (χ0v) is 10.1. The van der Waals surface area contributed by atoms with Crippen LogP contribution in [0.4, 0.5) is 5.69 Å². The van der Waals surface area contributed by atoms with E-state index < -0.39 is 24.2 Å². The second-order valence-corrected chi connectivity index (χ2v) is 4.10. The molecule has 0 fully saturated rings. The third-order valence-electron chi connectivity index (χ3n) is 2.39. The van der Waals surface area contributed by atoms with Gasteiger partial charge in [-0.3, -0.25) is 9.59 Å². The van der Waals surface area contributed by atoms with Crippen LogP contribution in [0, 0.1) is 0 Å². The summed E-state index contributed by atoms with van der Waals surface area (Å²) in [6.07, 6.45) is -0.403. The fourth-order valence-electron chi connectivity index (χ4n) is 1.34. The van der Waals surface area contributed by atoms with Gasteiger partial charge in [-0.2, -0.15) is 0 Å². The first kappa shape index (κ1) is 14.6. The Morgan fingerprint density at radius 2 is 2.00 bits per heavy atom. The van der Waals surface area contributed by atoms with Gasteiger partial charge in [-0.15, -0.1) is 0 Å². The summed E-state index contributed by atoms with van der Waals surface area (Å²) in [5.41, 5.74) is 11.0. The second kappa shape index (κ2) is 5.46. The number of Topliss-reactive ketones (excluding diaryl/α,β-unsaturated/α-hetero) is 1. The average Bonchev–Trinajstić information content (AvgIpc) is 2.30. The summed E-state index contributed by atoms with van der Waals surface area (Å²) < 4.78 is 0. The normalized spacial score (nSPS) is 12.1. The average molecular weight is 262 g/mol. The number of nitrogen functional groups attached to an aromatic ring is 1. The Balaban J connectivity index is 3.11. The molecule has 1 aromatic rings. The topological polar surface area (TPSA) is 106 Å². The van der Waals surface area contributed by atoms with Gasteiger partial charge in [0.05, 0.1) is 0 Å². The van der Waals surface area contributed by atoms with Crippen LogP contribution in [-0.2, 0) is 4.79 Å². The molecule has 0 spiro atoms. The maximum atomic E-state index is 11.8. The van der Waals surface area contributed by atoms with Crippen molar-refractivity contribution in [1.29, 1.82) is 0 Å². The number of carboxylic acids is 1. The number of rotatable bonds is 4. The molecule has 0 aromatic heterocycles. The first-order chi connectivity index (χ1) is 8.25. The van der Waals surface area contributed by atoms with Gasteiger partial charge < -0.3 is 16.6 Å². The number of benzene rings is 1. The number of anilines is 1. The van der Waals surface area contributed by atoms with Crippen molar-refractivity contribution in [2.75, 3.05) is 5.73 Å². The molecule has 8 heteroatoms. The SMILES string of the molecule is [B]c1cc(C(=O)CC(N)C(=O)O)c(N)c([B])c1Cl. The van der Waals surface area contributed by atoms with Crippen LogP contribution < -0.4 is 22.4 Å². The van der Waals surface area contributed by atoms with E-state index in [0.717, 1.165) is 0 Å². The summed E-state index contributed by atoms with van der Waals surface area (Å²) in [5, 5.41) is 8.68.